The van der Waals surface area contributed by atoms with Crippen molar-refractivity contribution in [2.24, 2.45) is 0 Å². The molecule has 11 N–H and O–H groups in total. The van der Waals surface area contributed by atoms with Crippen molar-refractivity contribution in [1.29, 1.82) is 0 Å². The lowest BCUT2D eigenvalue weighted by molar-refractivity contribution is -0.186. The molecule has 5 aromatic carbocycles. The summed E-state index contributed by atoms with van der Waals surface area (Å²) in [5.74, 6) is -1.64. The van der Waals surface area contributed by atoms with E-state index in [2.05, 4.69) is 87.8 Å². The zero-order chi connectivity index (χ0) is 97.5. The van der Waals surface area contributed by atoms with Crippen LogP contribution in [0.2, 0.25) is 25.1 Å². The molecule has 4 fully saturated rings. The summed E-state index contributed by atoms with van der Waals surface area (Å²) in [4.78, 5) is 164. The fraction of sp³-hybridized carbons (Fsp3) is 0.396. The zero-order valence-corrected chi connectivity index (χ0v) is 80.2. The van der Waals surface area contributed by atoms with Gasteiger partial charge in [-0.25, -0.2) is 49.3 Å². The zero-order valence-electron chi connectivity index (χ0n) is 76.4. The second-order valence-corrected chi connectivity index (χ2v) is 35.8. The molecule has 0 bridgehead atoms. The van der Waals surface area contributed by atoms with Gasteiger partial charge in [-0.1, -0.05) is 95.8 Å². The number of aromatic nitrogens is 10. The van der Waals surface area contributed by atoms with Crippen molar-refractivity contribution in [1.82, 2.24) is 111 Å². The van der Waals surface area contributed by atoms with Gasteiger partial charge in [-0.3, -0.25) is 73.7 Å². The van der Waals surface area contributed by atoms with E-state index in [4.69, 9.17) is 86.9 Å². The summed E-state index contributed by atoms with van der Waals surface area (Å²) in [5, 5.41) is 61.5. The molecule has 9 aliphatic heterocycles. The molecular formula is C91H108Cl5N27O16. The Hall–Kier alpha value is -13.0. The van der Waals surface area contributed by atoms with E-state index in [-0.39, 0.29) is 134 Å². The Morgan fingerprint density at radius 1 is 0.417 bits per heavy atom. The molecule has 0 radical (unpaired) electrons. The molecule has 2 unspecified atom stereocenters. The number of nitrogens with zero attached hydrogens (tertiary/aromatic N) is 16. The van der Waals surface area contributed by atoms with Crippen LogP contribution in [0.3, 0.4) is 0 Å². The predicted molar refractivity (Wildman–Crippen MR) is 515 cm³/mol. The molecule has 48 heteroatoms. The van der Waals surface area contributed by atoms with Crippen molar-refractivity contribution >= 4 is 146 Å². The minimum Gasteiger partial charge on any atom is -0.379 e. The molecule has 5 aromatic heterocycles. The van der Waals surface area contributed by atoms with Gasteiger partial charge >= 0.3 is 30.2 Å². The number of likely N-dealkylation sites (N-methyl/N-ethyl adjacent to an activating group) is 1. The molecule has 9 aliphatic rings. The number of hydrogen-bond acceptors (Lipinski definition) is 23. The van der Waals surface area contributed by atoms with Crippen molar-refractivity contribution in [3.05, 3.63) is 231 Å². The summed E-state index contributed by atoms with van der Waals surface area (Å²) in [6.07, 6.45) is 4.37. The number of benzene rings is 5. The molecule has 0 aliphatic carbocycles. The lowest BCUT2D eigenvalue weighted by Gasteiger charge is -2.37. The van der Waals surface area contributed by atoms with Gasteiger partial charge in [-0.05, 0) is 111 Å². The fourth-order valence-corrected chi connectivity index (χ4v) is 17.2. The molecule has 14 heterocycles. The van der Waals surface area contributed by atoms with Crippen LogP contribution in [0.4, 0.5) is 52.4 Å². The minimum absolute atomic E-state index is 0. The Balaban J connectivity index is 0.000000138. The van der Waals surface area contributed by atoms with Crippen LogP contribution in [0.1, 0.15) is 136 Å². The summed E-state index contributed by atoms with van der Waals surface area (Å²) in [6, 6.07) is 33.5. The number of halogens is 5. The third-order valence-corrected chi connectivity index (χ3v) is 25.0. The van der Waals surface area contributed by atoms with Crippen molar-refractivity contribution in [2.75, 3.05) is 148 Å². The van der Waals surface area contributed by atoms with Gasteiger partial charge in [0.05, 0.1) is 59.6 Å². The van der Waals surface area contributed by atoms with Gasteiger partial charge in [0.2, 0.25) is 0 Å². The molecule has 10 aromatic rings. The average Bonchev–Trinajstić information content (AvgIpc) is 1.69. The van der Waals surface area contributed by atoms with Crippen LogP contribution >= 0.6 is 58.0 Å². The van der Waals surface area contributed by atoms with Crippen molar-refractivity contribution in [2.45, 2.75) is 116 Å². The van der Waals surface area contributed by atoms with Crippen molar-refractivity contribution < 1.29 is 76.9 Å². The summed E-state index contributed by atoms with van der Waals surface area (Å²) in [7, 11) is 9.65. The van der Waals surface area contributed by atoms with E-state index in [0.717, 1.165) is 76.2 Å². The van der Waals surface area contributed by atoms with E-state index in [9.17, 15) is 47.9 Å². The lowest BCUT2D eigenvalue weighted by atomic mass is 9.99. The molecule has 4 saturated heterocycles. The van der Waals surface area contributed by atoms with Gasteiger partial charge in [0, 0.05) is 242 Å². The first-order valence-corrected chi connectivity index (χ1v) is 46.3. The highest BCUT2D eigenvalue weighted by atomic mass is 35.5. The predicted octanol–water partition coefficient (Wildman–Crippen LogP) is 11.8. The van der Waals surface area contributed by atoms with Crippen molar-refractivity contribution in [3.8, 4) is 0 Å². The highest BCUT2D eigenvalue weighted by molar-refractivity contribution is 6.32. The number of carbonyl (C=O) groups is 10. The molecule has 19 rings (SSSR count). The molecule has 2 atom stereocenters. The number of aromatic amines is 5. The third kappa shape index (κ3) is 25.6. The highest BCUT2D eigenvalue weighted by Gasteiger charge is 2.39. The van der Waals surface area contributed by atoms with Gasteiger partial charge in [-0.15, -0.1) is 0 Å². The maximum absolute atomic E-state index is 12.8. The maximum atomic E-state index is 12.8. The Morgan fingerprint density at radius 3 is 1.07 bits per heavy atom. The number of nitrogens with one attached hydrogen (secondary N) is 11. The Bertz CT molecular complexity index is 6090. The van der Waals surface area contributed by atoms with E-state index in [1.165, 1.54) is 34.4 Å². The first-order chi connectivity index (χ1) is 66.4. The van der Waals surface area contributed by atoms with E-state index < -0.39 is 0 Å². The van der Waals surface area contributed by atoms with Gasteiger partial charge in [0.25, 0.3) is 29.5 Å². The third-order valence-electron chi connectivity index (χ3n) is 23.8. The van der Waals surface area contributed by atoms with E-state index in [1.54, 1.807) is 167 Å². The van der Waals surface area contributed by atoms with Crippen LogP contribution in [0.5, 0.6) is 0 Å². The number of H-pyrrole nitrogens is 5. The van der Waals surface area contributed by atoms with Crippen LogP contribution in [0.15, 0.2) is 121 Å². The largest absolute Gasteiger partial charge is 0.379 e. The van der Waals surface area contributed by atoms with Crippen LogP contribution in [-0.2, 0) is 93.8 Å². The summed E-state index contributed by atoms with van der Waals surface area (Å²) in [6.45, 7) is 10.7. The molecule has 0 saturated carbocycles. The van der Waals surface area contributed by atoms with E-state index >= 15 is 0 Å². The first kappa shape index (κ1) is 102. The maximum Gasteiger partial charge on any atom is 0.322 e. The summed E-state index contributed by atoms with van der Waals surface area (Å²) < 4.78 is 5.27. The summed E-state index contributed by atoms with van der Waals surface area (Å²) in [5.41, 5.74) is 12.5. The first-order valence-electron chi connectivity index (χ1n) is 44.4. The van der Waals surface area contributed by atoms with Gasteiger partial charge in [-0.2, -0.15) is 25.5 Å². The lowest BCUT2D eigenvalue weighted by Crippen LogP contribution is -2.52. The van der Waals surface area contributed by atoms with Crippen LogP contribution in [0.25, 0.3) is 0 Å². The number of fused-ring (bicyclic) bond motifs is 5. The molecule has 139 heavy (non-hydrogen) atoms. The van der Waals surface area contributed by atoms with Gasteiger partial charge < -0.3 is 66.0 Å². The normalized spacial score (nSPS) is 16.7. The SMILES string of the molecule is C.CN(OC1CCOC1)C(=O)c1n[nH]c2c1CN(C(=O)Nc1cccc(Cl)c1)CC2.CN(OC1CNC1)C(=O)c1n[nH]c2c1CN(C(=O)Nc1cccc(Cl)c1)CC2.CN1CC(ON(C)C(=O)c2n[nH]c3c2CN(C(=O)Nc2cccc(Cl)c2)CC3)C1.CON(C)C(=O)c1n[nH]c2c1CN(C(=O)Nc1cccc(Cl)c1)C(C)C2.O=C(Nc1cccc(Cl)c1)N1CCc2[nH]nc(C(=O)N3CCCO3)c2C1. The number of likely N-dealkylation sites (tertiary alicyclic amines) is 1. The molecule has 0 spiro atoms. The number of anilines is 5. The van der Waals surface area contributed by atoms with Crippen LogP contribution in [-0.4, -0.2) is 311 Å². The highest BCUT2D eigenvalue weighted by Crippen LogP contribution is 2.33. The Morgan fingerprint density at radius 2 is 0.748 bits per heavy atom. The second-order valence-electron chi connectivity index (χ2n) is 33.6. The summed E-state index contributed by atoms with van der Waals surface area (Å²) >= 11 is 29.8. The molecular weight excluding hydrogens is 1900 g/mol. The number of urea groups is 5. The Labute approximate surface area is 824 Å². The Kier molecular flexibility index (Phi) is 34.2. The quantitative estimate of drug-likeness (QED) is 0.0377. The topological polar surface area (TPSA) is 477 Å². The van der Waals surface area contributed by atoms with Crippen molar-refractivity contribution in [3.63, 3.8) is 0 Å². The minimum atomic E-state index is -0.366. The molecule has 15 amide bonds. The number of ether oxygens (including phenoxy) is 1. The standard InChI is InChI=1S/C19H23ClN6O3.C19H22ClN5O4.C18H21ClN6O3.C17H18ClN5O3.C17H20ClN5O3.CH4/c1-24-9-14(10-24)29-25(2)18(27)17-15-11-26(7-6-16(15)22-23-17)19(28)21-13-5-3-4-12(20)8-13;1-24(29-14-6-8-28-11-14)18(26)17-15-10-25(7-5-16(15)22-23-17)19(27)21-13-4-2-3-12(20)9-13;1-24(28-13-8-20-9-13)17(26)16-14-10-25(6-5-15(14)22-23-16)18(27)21-12-4-2-3-11(19)7-12;18-11-3-1-4-12(9-11)19-17(25)22-7-5-14-13(10-22)15(21-20-14)16(24)23-6-2-8-26-23;1-10-7-14-13(15(21-20-14)16(24)22(2)26-3)9-23(10)17(25)19-12-6-4-5-11(18)8-12;/h3-5,8,14H,6-7,9-11H2,1-2H3,(H,21,28)(H,22,23);2-4,9,14H,5-8,10-11H2,1H3,(H,21,27)(H,22,23);2-4,7,13,20H,5-6,8-10H2,1H3,(H,21,27)(H,22,23);1,3-4,9H,2,5-8,10H2,(H,19,25)(H,20,21);4-6,8,10H,7,9H2,1-3H3,(H,19,25)(H,20,21);1H4. The monoisotopic (exact) mass is 2010 g/mol. The van der Waals surface area contributed by atoms with E-state index in [0.29, 0.717) is 181 Å². The smallest absolute Gasteiger partial charge is 0.322 e. The van der Waals surface area contributed by atoms with Crippen LogP contribution in [0, 0.1) is 0 Å². The van der Waals surface area contributed by atoms with Gasteiger partial charge in [0.1, 0.15) is 18.3 Å². The van der Waals surface area contributed by atoms with Crippen LogP contribution < -0.4 is 31.9 Å². The number of rotatable bonds is 17. The molecule has 43 nitrogen and oxygen atoms in total. The van der Waals surface area contributed by atoms with Gasteiger partial charge in [0.15, 0.2) is 28.5 Å². The number of carbonyl (C=O) groups excluding carboxylic acids is 10. The number of amides is 15. The number of hydrogen-bond donors (Lipinski definition) is 11. The van der Waals surface area contributed by atoms with E-state index in [1.807, 2.05) is 14.0 Å². The fourth-order valence-electron chi connectivity index (χ4n) is 16.2. The second kappa shape index (κ2) is 46.6. The number of hydroxylamine groups is 10. The average molecular weight is 2010 g/mol. The molecule has 738 valence electrons.